The van der Waals surface area contributed by atoms with Crippen molar-refractivity contribution in [2.75, 3.05) is 20.2 Å². The Balaban J connectivity index is 0.00000133. The molecule has 0 unspecified atom stereocenters. The maximum atomic E-state index is 13.5. The number of fused-ring (bicyclic) bond motifs is 1. The van der Waals surface area contributed by atoms with Crippen LogP contribution < -0.4 is 10.1 Å². The molecule has 0 atom stereocenters. The topological polar surface area (TPSA) is 47.3 Å². The van der Waals surface area contributed by atoms with Crippen LogP contribution in [0.1, 0.15) is 24.5 Å². The van der Waals surface area contributed by atoms with Gasteiger partial charge in [0.1, 0.15) is 0 Å². The molecule has 19 heavy (non-hydrogen) atoms. The van der Waals surface area contributed by atoms with Crippen molar-refractivity contribution in [1.82, 2.24) is 10.5 Å². The minimum atomic E-state index is -0.419. The van der Waals surface area contributed by atoms with Crippen LogP contribution >= 0.6 is 12.4 Å². The average molecular weight is 287 g/mol. The molecule has 2 heterocycles. The van der Waals surface area contributed by atoms with Gasteiger partial charge >= 0.3 is 0 Å². The van der Waals surface area contributed by atoms with Crippen molar-refractivity contribution < 1.29 is 13.7 Å². The molecular formula is C13H16ClFN2O2. The molecule has 1 aromatic carbocycles. The monoisotopic (exact) mass is 286 g/mol. The van der Waals surface area contributed by atoms with Gasteiger partial charge in [-0.25, -0.2) is 4.39 Å². The van der Waals surface area contributed by atoms with Crippen LogP contribution in [0.25, 0.3) is 11.0 Å². The third kappa shape index (κ3) is 2.40. The standard InChI is InChI=1S/C13H15FN2O2.ClH/c1-17-13-10(14)3-2-9-11(16-18-12(9)13)8-4-6-15-7-5-8;/h2-3,8,15H,4-7H2,1H3;1H. The molecule has 1 N–H and O–H groups in total. The Morgan fingerprint density at radius 3 is 2.79 bits per heavy atom. The number of nitrogens with one attached hydrogen (secondary N) is 1. The first-order valence-corrected chi connectivity index (χ1v) is 6.13. The van der Waals surface area contributed by atoms with Gasteiger partial charge in [-0.2, -0.15) is 0 Å². The van der Waals surface area contributed by atoms with Gasteiger partial charge in [-0.05, 0) is 38.1 Å². The Kier molecular flexibility index (Phi) is 4.27. The molecule has 6 heteroatoms. The fourth-order valence-corrected chi connectivity index (χ4v) is 2.55. The highest BCUT2D eigenvalue weighted by Crippen LogP contribution is 2.35. The SMILES string of the molecule is COc1c(F)ccc2c(C3CCNCC3)noc12.Cl. The van der Waals surface area contributed by atoms with Crippen molar-refractivity contribution >= 4 is 23.4 Å². The number of benzene rings is 1. The van der Waals surface area contributed by atoms with Crippen molar-refractivity contribution in [2.24, 2.45) is 0 Å². The largest absolute Gasteiger partial charge is 0.490 e. The van der Waals surface area contributed by atoms with Gasteiger partial charge in [0.15, 0.2) is 5.82 Å². The van der Waals surface area contributed by atoms with E-state index >= 15 is 0 Å². The molecule has 1 aromatic heterocycles. The Hall–Kier alpha value is -1.33. The molecule has 0 bridgehead atoms. The smallest absolute Gasteiger partial charge is 0.211 e. The Morgan fingerprint density at radius 1 is 1.37 bits per heavy atom. The highest BCUT2D eigenvalue weighted by atomic mass is 35.5. The Morgan fingerprint density at radius 2 is 2.11 bits per heavy atom. The third-order valence-electron chi connectivity index (χ3n) is 3.51. The summed E-state index contributed by atoms with van der Waals surface area (Å²) in [5.74, 6) is 0.0980. The van der Waals surface area contributed by atoms with Gasteiger partial charge < -0.3 is 14.6 Å². The van der Waals surface area contributed by atoms with E-state index in [2.05, 4.69) is 10.5 Å². The lowest BCUT2D eigenvalue weighted by molar-refractivity contribution is 0.365. The summed E-state index contributed by atoms with van der Waals surface area (Å²) in [5, 5.41) is 8.29. The molecule has 4 nitrogen and oxygen atoms in total. The van der Waals surface area contributed by atoms with E-state index < -0.39 is 5.82 Å². The maximum absolute atomic E-state index is 13.5. The van der Waals surface area contributed by atoms with Crippen molar-refractivity contribution in [3.05, 3.63) is 23.6 Å². The van der Waals surface area contributed by atoms with E-state index in [0.29, 0.717) is 11.5 Å². The summed E-state index contributed by atoms with van der Waals surface area (Å²) in [4.78, 5) is 0. The van der Waals surface area contributed by atoms with E-state index in [0.717, 1.165) is 37.0 Å². The van der Waals surface area contributed by atoms with Gasteiger partial charge in [0.05, 0.1) is 12.8 Å². The minimum absolute atomic E-state index is 0. The van der Waals surface area contributed by atoms with Gasteiger partial charge in [-0.15, -0.1) is 12.4 Å². The highest BCUT2D eigenvalue weighted by molar-refractivity contribution is 5.86. The maximum Gasteiger partial charge on any atom is 0.211 e. The summed E-state index contributed by atoms with van der Waals surface area (Å²) in [6.45, 7) is 1.97. The van der Waals surface area contributed by atoms with Crippen molar-refractivity contribution in [2.45, 2.75) is 18.8 Å². The van der Waals surface area contributed by atoms with E-state index in [9.17, 15) is 4.39 Å². The van der Waals surface area contributed by atoms with E-state index in [1.807, 2.05) is 0 Å². The number of rotatable bonds is 2. The van der Waals surface area contributed by atoms with E-state index in [1.54, 1.807) is 6.07 Å². The average Bonchev–Trinajstić information content (AvgIpc) is 2.83. The van der Waals surface area contributed by atoms with Crippen molar-refractivity contribution in [3.63, 3.8) is 0 Å². The molecule has 1 fully saturated rings. The van der Waals surface area contributed by atoms with Crippen LogP contribution in [-0.4, -0.2) is 25.4 Å². The number of hydrogen-bond acceptors (Lipinski definition) is 4. The zero-order valence-electron chi connectivity index (χ0n) is 10.6. The summed E-state index contributed by atoms with van der Waals surface area (Å²) < 4.78 is 23.9. The number of hydrogen-bond donors (Lipinski definition) is 1. The molecule has 1 aliphatic rings. The van der Waals surface area contributed by atoms with Crippen LogP contribution in [0.3, 0.4) is 0 Å². The summed E-state index contributed by atoms with van der Waals surface area (Å²) >= 11 is 0. The Labute approximate surface area is 116 Å². The third-order valence-corrected chi connectivity index (χ3v) is 3.51. The summed E-state index contributed by atoms with van der Waals surface area (Å²) in [7, 11) is 1.44. The number of nitrogens with zero attached hydrogens (tertiary/aromatic N) is 1. The molecule has 1 aliphatic heterocycles. The van der Waals surface area contributed by atoms with Crippen LogP contribution in [0.5, 0.6) is 5.75 Å². The first kappa shape index (κ1) is 14.1. The second kappa shape index (κ2) is 5.75. The molecule has 0 amide bonds. The summed E-state index contributed by atoms with van der Waals surface area (Å²) in [6.07, 6.45) is 2.06. The zero-order valence-corrected chi connectivity index (χ0v) is 11.4. The van der Waals surface area contributed by atoms with Gasteiger partial charge in [-0.3, -0.25) is 0 Å². The molecule has 1 saturated heterocycles. The molecule has 0 spiro atoms. The normalized spacial score (nSPS) is 16.3. The summed E-state index contributed by atoms with van der Waals surface area (Å²) in [6, 6.07) is 3.13. The van der Waals surface area contributed by atoms with Crippen LogP contribution in [0.4, 0.5) is 4.39 Å². The fraction of sp³-hybridized carbons (Fsp3) is 0.462. The van der Waals surface area contributed by atoms with Crippen LogP contribution in [-0.2, 0) is 0 Å². The molecule has 3 rings (SSSR count). The number of ether oxygens (including phenoxy) is 1. The fourth-order valence-electron chi connectivity index (χ4n) is 2.55. The highest BCUT2D eigenvalue weighted by Gasteiger charge is 2.23. The molecule has 0 aliphatic carbocycles. The van der Waals surface area contributed by atoms with Crippen molar-refractivity contribution in [3.8, 4) is 5.75 Å². The molecule has 0 radical (unpaired) electrons. The zero-order chi connectivity index (χ0) is 12.5. The van der Waals surface area contributed by atoms with E-state index in [-0.39, 0.29) is 18.2 Å². The first-order chi connectivity index (χ1) is 8.81. The molecule has 2 aromatic rings. The lowest BCUT2D eigenvalue weighted by Crippen LogP contribution is -2.26. The van der Waals surface area contributed by atoms with Crippen LogP contribution in [0.15, 0.2) is 16.7 Å². The number of halogens is 2. The van der Waals surface area contributed by atoms with E-state index in [1.165, 1.54) is 13.2 Å². The molecular weight excluding hydrogens is 271 g/mol. The van der Waals surface area contributed by atoms with Gasteiger partial charge in [-0.1, -0.05) is 5.16 Å². The second-order valence-electron chi connectivity index (χ2n) is 4.55. The Bertz CT molecular complexity index is 567. The number of methoxy groups -OCH3 is 1. The van der Waals surface area contributed by atoms with E-state index in [4.69, 9.17) is 9.26 Å². The predicted molar refractivity (Wildman–Crippen MR) is 72.6 cm³/mol. The number of piperidine rings is 1. The van der Waals surface area contributed by atoms with Crippen LogP contribution in [0, 0.1) is 5.82 Å². The van der Waals surface area contributed by atoms with Gasteiger partial charge in [0.2, 0.25) is 11.3 Å². The summed E-state index contributed by atoms with van der Waals surface area (Å²) in [5.41, 5.74) is 1.33. The van der Waals surface area contributed by atoms with Crippen LogP contribution in [0.2, 0.25) is 0 Å². The lowest BCUT2D eigenvalue weighted by atomic mass is 9.92. The van der Waals surface area contributed by atoms with Gasteiger partial charge in [0, 0.05) is 11.3 Å². The lowest BCUT2D eigenvalue weighted by Gasteiger charge is -2.20. The predicted octanol–water partition coefficient (Wildman–Crippen LogP) is 2.86. The second-order valence-corrected chi connectivity index (χ2v) is 4.55. The minimum Gasteiger partial charge on any atom is -0.490 e. The number of aromatic nitrogens is 1. The molecule has 0 saturated carbocycles. The quantitative estimate of drug-likeness (QED) is 0.922. The first-order valence-electron chi connectivity index (χ1n) is 6.13. The van der Waals surface area contributed by atoms with Gasteiger partial charge in [0.25, 0.3) is 0 Å². The molecule has 104 valence electrons. The van der Waals surface area contributed by atoms with Crippen molar-refractivity contribution in [1.29, 1.82) is 0 Å².